The van der Waals surface area contributed by atoms with Gasteiger partial charge in [-0.15, -0.1) is 5.10 Å². The monoisotopic (exact) mass is 417 g/mol. The Morgan fingerprint density at radius 1 is 1.19 bits per heavy atom. The van der Waals surface area contributed by atoms with Gasteiger partial charge < -0.3 is 9.64 Å². The van der Waals surface area contributed by atoms with Gasteiger partial charge in [0.15, 0.2) is 5.82 Å². The van der Waals surface area contributed by atoms with Crippen LogP contribution >= 0.6 is 15.9 Å². The van der Waals surface area contributed by atoms with Crippen molar-refractivity contribution in [3.8, 4) is 5.75 Å². The second-order valence-corrected chi connectivity index (χ2v) is 7.22. The summed E-state index contributed by atoms with van der Waals surface area (Å²) in [7, 11) is 0. The average Bonchev–Trinajstić information content (AvgIpc) is 2.69. The number of piperazine rings is 1. The van der Waals surface area contributed by atoms with Gasteiger partial charge in [-0.05, 0) is 24.3 Å². The highest BCUT2D eigenvalue weighted by Gasteiger charge is 2.32. The molecule has 3 heterocycles. The third-order valence-corrected chi connectivity index (χ3v) is 5.54. The highest BCUT2D eigenvalue weighted by molar-refractivity contribution is 9.10. The van der Waals surface area contributed by atoms with Crippen molar-refractivity contribution in [1.82, 2.24) is 20.0 Å². The standard InChI is InChI=1S/C18H20BrN5O2/c19-13-3-1-4-15-17(13)14(6-12-26-15)23-8-10-24(11-9-23)18(25)21-16-5-2-7-20-22-16/h1-5,7,14H,6,8-12H2,(H,21,22,25). The summed E-state index contributed by atoms with van der Waals surface area (Å²) in [5.74, 6) is 1.43. The molecule has 0 bridgehead atoms. The molecule has 7 nitrogen and oxygen atoms in total. The Kier molecular flexibility index (Phi) is 5.03. The number of nitrogens with zero attached hydrogens (tertiary/aromatic N) is 4. The van der Waals surface area contributed by atoms with E-state index >= 15 is 0 Å². The second-order valence-electron chi connectivity index (χ2n) is 6.37. The van der Waals surface area contributed by atoms with Crippen LogP contribution in [0.3, 0.4) is 0 Å². The van der Waals surface area contributed by atoms with E-state index in [1.54, 1.807) is 18.3 Å². The molecule has 1 N–H and O–H groups in total. The molecule has 0 aliphatic carbocycles. The van der Waals surface area contributed by atoms with Gasteiger partial charge in [0, 0.05) is 54.9 Å². The lowest BCUT2D eigenvalue weighted by molar-refractivity contribution is 0.0882. The third-order valence-electron chi connectivity index (χ3n) is 4.84. The predicted octanol–water partition coefficient (Wildman–Crippen LogP) is 2.91. The Morgan fingerprint density at radius 3 is 2.81 bits per heavy atom. The lowest BCUT2D eigenvalue weighted by atomic mass is 9.98. The fourth-order valence-corrected chi connectivity index (χ4v) is 4.16. The summed E-state index contributed by atoms with van der Waals surface area (Å²) >= 11 is 3.67. The van der Waals surface area contributed by atoms with Crippen LogP contribution in [0, 0.1) is 0 Å². The van der Waals surface area contributed by atoms with Crippen molar-refractivity contribution in [2.24, 2.45) is 0 Å². The van der Waals surface area contributed by atoms with Crippen molar-refractivity contribution >= 4 is 27.8 Å². The van der Waals surface area contributed by atoms with E-state index in [1.165, 1.54) is 5.56 Å². The molecule has 1 aromatic carbocycles. The largest absolute Gasteiger partial charge is 0.493 e. The summed E-state index contributed by atoms with van der Waals surface area (Å²) in [5, 5.41) is 10.5. The molecule has 136 valence electrons. The number of carbonyl (C=O) groups excluding carboxylic acids is 1. The first-order valence-corrected chi connectivity index (χ1v) is 9.50. The number of urea groups is 1. The molecule has 0 radical (unpaired) electrons. The molecule has 4 rings (SSSR count). The number of benzene rings is 1. The number of carbonyl (C=O) groups is 1. The van der Waals surface area contributed by atoms with Crippen molar-refractivity contribution in [2.75, 3.05) is 38.1 Å². The van der Waals surface area contributed by atoms with Crippen molar-refractivity contribution in [2.45, 2.75) is 12.5 Å². The molecule has 0 spiro atoms. The minimum Gasteiger partial charge on any atom is -0.493 e. The molecule has 2 aromatic rings. The Bertz CT molecular complexity index is 780. The van der Waals surface area contributed by atoms with E-state index in [0.29, 0.717) is 24.9 Å². The van der Waals surface area contributed by atoms with Gasteiger partial charge >= 0.3 is 6.03 Å². The normalized spacial score (nSPS) is 20.2. The van der Waals surface area contributed by atoms with E-state index in [1.807, 2.05) is 17.0 Å². The molecule has 2 aliphatic rings. The van der Waals surface area contributed by atoms with Crippen LogP contribution < -0.4 is 10.1 Å². The first-order valence-electron chi connectivity index (χ1n) is 8.71. The number of hydrogen-bond donors (Lipinski definition) is 1. The summed E-state index contributed by atoms with van der Waals surface area (Å²) < 4.78 is 6.89. The van der Waals surface area contributed by atoms with E-state index in [2.05, 4.69) is 42.4 Å². The topological polar surface area (TPSA) is 70.6 Å². The van der Waals surface area contributed by atoms with Crippen LogP contribution in [0.1, 0.15) is 18.0 Å². The Labute approximate surface area is 160 Å². The lowest BCUT2D eigenvalue weighted by Gasteiger charge is -2.41. The maximum absolute atomic E-state index is 12.4. The number of halogens is 1. The minimum atomic E-state index is -0.126. The summed E-state index contributed by atoms with van der Waals surface area (Å²) in [5.41, 5.74) is 1.22. The number of fused-ring (bicyclic) bond motifs is 1. The Hall–Kier alpha value is -2.19. The molecular formula is C18H20BrN5O2. The fraction of sp³-hybridized carbons (Fsp3) is 0.389. The fourth-order valence-electron chi connectivity index (χ4n) is 3.55. The molecule has 1 unspecified atom stereocenters. The first-order chi connectivity index (χ1) is 12.7. The van der Waals surface area contributed by atoms with Crippen molar-refractivity contribution in [3.63, 3.8) is 0 Å². The van der Waals surface area contributed by atoms with E-state index in [4.69, 9.17) is 4.74 Å². The lowest BCUT2D eigenvalue weighted by Crippen LogP contribution is -2.51. The van der Waals surface area contributed by atoms with Crippen LogP contribution in [0.2, 0.25) is 0 Å². The Balaban J connectivity index is 1.40. The molecule has 8 heteroatoms. The smallest absolute Gasteiger partial charge is 0.323 e. The zero-order chi connectivity index (χ0) is 17.9. The molecule has 2 aliphatic heterocycles. The highest BCUT2D eigenvalue weighted by Crippen LogP contribution is 2.40. The quantitative estimate of drug-likeness (QED) is 0.812. The number of rotatable bonds is 2. The van der Waals surface area contributed by atoms with Crippen LogP contribution in [0.15, 0.2) is 41.0 Å². The van der Waals surface area contributed by atoms with Gasteiger partial charge in [-0.1, -0.05) is 22.0 Å². The number of anilines is 1. The van der Waals surface area contributed by atoms with Gasteiger partial charge in [0.2, 0.25) is 0 Å². The number of nitrogens with one attached hydrogen (secondary N) is 1. The molecule has 0 saturated carbocycles. The number of ether oxygens (including phenoxy) is 1. The van der Waals surface area contributed by atoms with Crippen LogP contribution in [0.5, 0.6) is 5.75 Å². The van der Waals surface area contributed by atoms with Gasteiger partial charge in [-0.3, -0.25) is 10.2 Å². The molecule has 1 aromatic heterocycles. The van der Waals surface area contributed by atoms with Crippen LogP contribution in [-0.4, -0.2) is 58.8 Å². The maximum Gasteiger partial charge on any atom is 0.323 e. The van der Waals surface area contributed by atoms with Crippen molar-refractivity contribution in [1.29, 1.82) is 0 Å². The summed E-state index contributed by atoms with van der Waals surface area (Å²) in [6, 6.07) is 9.76. The molecule has 1 saturated heterocycles. The van der Waals surface area contributed by atoms with Crippen LogP contribution in [0.4, 0.5) is 10.6 Å². The summed E-state index contributed by atoms with van der Waals surface area (Å²) in [6.45, 7) is 3.76. The molecule has 1 fully saturated rings. The zero-order valence-electron chi connectivity index (χ0n) is 14.3. The maximum atomic E-state index is 12.4. The Morgan fingerprint density at radius 2 is 2.04 bits per heavy atom. The zero-order valence-corrected chi connectivity index (χ0v) is 15.9. The molecular weight excluding hydrogens is 398 g/mol. The minimum absolute atomic E-state index is 0.126. The van der Waals surface area contributed by atoms with E-state index in [9.17, 15) is 4.79 Å². The van der Waals surface area contributed by atoms with Gasteiger partial charge in [-0.2, -0.15) is 5.10 Å². The van der Waals surface area contributed by atoms with E-state index in [0.717, 1.165) is 36.3 Å². The van der Waals surface area contributed by atoms with Gasteiger partial charge in [-0.25, -0.2) is 4.79 Å². The van der Waals surface area contributed by atoms with Crippen LogP contribution in [-0.2, 0) is 0 Å². The van der Waals surface area contributed by atoms with Crippen LogP contribution in [0.25, 0.3) is 0 Å². The second kappa shape index (κ2) is 7.59. The summed E-state index contributed by atoms with van der Waals surface area (Å²) in [4.78, 5) is 16.7. The first kappa shape index (κ1) is 17.2. The summed E-state index contributed by atoms with van der Waals surface area (Å²) in [6.07, 6.45) is 2.54. The number of aromatic nitrogens is 2. The van der Waals surface area contributed by atoms with Crippen molar-refractivity contribution < 1.29 is 9.53 Å². The van der Waals surface area contributed by atoms with E-state index < -0.39 is 0 Å². The third kappa shape index (κ3) is 3.52. The molecule has 2 amide bonds. The molecule has 1 atom stereocenters. The molecule has 26 heavy (non-hydrogen) atoms. The average molecular weight is 418 g/mol. The van der Waals surface area contributed by atoms with Gasteiger partial charge in [0.1, 0.15) is 5.75 Å². The van der Waals surface area contributed by atoms with Gasteiger partial charge in [0.25, 0.3) is 0 Å². The highest BCUT2D eigenvalue weighted by atomic mass is 79.9. The van der Waals surface area contributed by atoms with Crippen molar-refractivity contribution in [3.05, 3.63) is 46.6 Å². The van der Waals surface area contributed by atoms with Gasteiger partial charge in [0.05, 0.1) is 6.61 Å². The SMILES string of the molecule is O=C(Nc1cccnn1)N1CCN(C2CCOc3cccc(Br)c32)CC1. The number of amides is 2. The van der Waals surface area contributed by atoms with E-state index in [-0.39, 0.29) is 6.03 Å². The predicted molar refractivity (Wildman–Crippen MR) is 101 cm³/mol. The number of hydrogen-bond acceptors (Lipinski definition) is 5.